The highest BCUT2D eigenvalue weighted by Crippen LogP contribution is 2.23. The molecule has 1 N–H and O–H groups in total. The summed E-state index contributed by atoms with van der Waals surface area (Å²) < 4.78 is 5.24. The van der Waals surface area contributed by atoms with E-state index in [9.17, 15) is 0 Å². The highest BCUT2D eigenvalue weighted by Gasteiger charge is 2.12. The van der Waals surface area contributed by atoms with Crippen molar-refractivity contribution >= 4 is 17.3 Å². The predicted octanol–water partition coefficient (Wildman–Crippen LogP) is 1.87. The van der Waals surface area contributed by atoms with Crippen LogP contribution in [0.1, 0.15) is 5.56 Å². The Balaban J connectivity index is 2.14. The summed E-state index contributed by atoms with van der Waals surface area (Å²) in [5.41, 5.74) is 4.42. The molecule has 1 fully saturated rings. The molecule has 1 saturated heterocycles. The van der Waals surface area contributed by atoms with Crippen molar-refractivity contribution in [2.24, 2.45) is 0 Å². The highest BCUT2D eigenvalue weighted by molar-refractivity contribution is 6.32. The van der Waals surface area contributed by atoms with E-state index in [-0.39, 0.29) is 0 Å². The number of nitrogens with one attached hydrogen (secondary N) is 1. The zero-order chi connectivity index (χ0) is 11.4. The van der Waals surface area contributed by atoms with E-state index in [1.165, 1.54) is 0 Å². The van der Waals surface area contributed by atoms with E-state index in [4.69, 9.17) is 21.6 Å². The van der Waals surface area contributed by atoms with Crippen molar-refractivity contribution < 1.29 is 4.74 Å². The third-order valence-electron chi connectivity index (χ3n) is 2.42. The SMILES string of the molecule is N#Cc1c(Cl)cccc1NN1CCOCC1. The summed E-state index contributed by atoms with van der Waals surface area (Å²) in [4.78, 5) is 0. The monoisotopic (exact) mass is 237 g/mol. The van der Waals surface area contributed by atoms with Crippen LogP contribution in [0.2, 0.25) is 5.02 Å². The topological polar surface area (TPSA) is 48.3 Å². The highest BCUT2D eigenvalue weighted by atomic mass is 35.5. The van der Waals surface area contributed by atoms with Crippen molar-refractivity contribution in [2.75, 3.05) is 31.7 Å². The molecule has 0 unspecified atom stereocenters. The zero-order valence-electron chi connectivity index (χ0n) is 8.74. The first-order valence-corrected chi connectivity index (χ1v) is 5.47. The van der Waals surface area contributed by atoms with Crippen molar-refractivity contribution in [2.45, 2.75) is 0 Å². The first-order valence-electron chi connectivity index (χ1n) is 5.09. The van der Waals surface area contributed by atoms with Crippen LogP contribution in [0.3, 0.4) is 0 Å². The van der Waals surface area contributed by atoms with Crippen molar-refractivity contribution in [3.63, 3.8) is 0 Å². The number of hydrazine groups is 1. The van der Waals surface area contributed by atoms with Gasteiger partial charge in [0.05, 0.1) is 29.5 Å². The standard InChI is InChI=1S/C11H12ClN3O/c12-10-2-1-3-11(9(10)8-13)14-15-4-6-16-7-5-15/h1-3,14H,4-7H2. The first-order chi connectivity index (χ1) is 7.81. The molecule has 84 valence electrons. The summed E-state index contributed by atoms with van der Waals surface area (Å²) in [5, 5.41) is 11.5. The molecule has 0 aliphatic carbocycles. The van der Waals surface area contributed by atoms with E-state index in [0.717, 1.165) is 18.8 Å². The molecule has 5 heteroatoms. The normalized spacial score (nSPS) is 16.8. The summed E-state index contributed by atoms with van der Waals surface area (Å²) in [7, 11) is 0. The fourth-order valence-corrected chi connectivity index (χ4v) is 1.79. The Labute approximate surface area is 99.3 Å². The molecule has 1 aromatic rings. The molecule has 2 rings (SSSR count). The van der Waals surface area contributed by atoms with Crippen LogP contribution in [0.15, 0.2) is 18.2 Å². The van der Waals surface area contributed by atoms with Gasteiger partial charge in [0.25, 0.3) is 0 Å². The molecule has 1 aromatic carbocycles. The minimum atomic E-state index is 0.473. The number of nitrogens with zero attached hydrogens (tertiary/aromatic N) is 2. The summed E-state index contributed by atoms with van der Waals surface area (Å²) in [6.07, 6.45) is 0. The third-order valence-corrected chi connectivity index (χ3v) is 2.73. The van der Waals surface area contributed by atoms with Crippen molar-refractivity contribution in [3.8, 4) is 6.07 Å². The van der Waals surface area contributed by atoms with Crippen LogP contribution < -0.4 is 5.43 Å². The Morgan fingerprint density at radius 1 is 1.38 bits per heavy atom. The van der Waals surface area contributed by atoms with Crippen LogP contribution in [0.25, 0.3) is 0 Å². The number of hydrogen-bond acceptors (Lipinski definition) is 4. The van der Waals surface area contributed by atoms with Gasteiger partial charge in [-0.3, -0.25) is 0 Å². The van der Waals surface area contributed by atoms with Gasteiger partial charge in [0.1, 0.15) is 6.07 Å². The van der Waals surface area contributed by atoms with Crippen LogP contribution in [0.4, 0.5) is 5.69 Å². The lowest BCUT2D eigenvalue weighted by Crippen LogP contribution is -2.40. The molecule has 0 amide bonds. The quantitative estimate of drug-likeness (QED) is 0.853. The fourth-order valence-electron chi connectivity index (χ4n) is 1.58. The number of ether oxygens (including phenoxy) is 1. The molecule has 1 heterocycles. The molecule has 0 bridgehead atoms. The summed E-state index contributed by atoms with van der Waals surface area (Å²) in [6, 6.07) is 7.49. The minimum absolute atomic E-state index is 0.473. The van der Waals surface area contributed by atoms with E-state index in [2.05, 4.69) is 11.5 Å². The van der Waals surface area contributed by atoms with Gasteiger partial charge in [-0.2, -0.15) is 5.26 Å². The molecule has 0 saturated carbocycles. The summed E-state index contributed by atoms with van der Waals surface area (Å²) >= 11 is 5.94. The van der Waals surface area contributed by atoms with Crippen LogP contribution in [0, 0.1) is 11.3 Å². The van der Waals surface area contributed by atoms with E-state index in [1.807, 2.05) is 17.1 Å². The smallest absolute Gasteiger partial charge is 0.103 e. The average Bonchev–Trinajstić information content (AvgIpc) is 2.31. The third kappa shape index (κ3) is 2.45. The summed E-state index contributed by atoms with van der Waals surface area (Å²) in [6.45, 7) is 3.01. The molecule has 1 aliphatic rings. The lowest BCUT2D eigenvalue weighted by molar-refractivity contribution is 0.0497. The second kappa shape index (κ2) is 5.17. The summed E-state index contributed by atoms with van der Waals surface area (Å²) in [5.74, 6) is 0. The van der Waals surface area contributed by atoms with Gasteiger partial charge in [0, 0.05) is 13.1 Å². The van der Waals surface area contributed by atoms with Gasteiger partial charge < -0.3 is 10.2 Å². The number of hydrogen-bond donors (Lipinski definition) is 1. The average molecular weight is 238 g/mol. The number of morpholine rings is 1. The van der Waals surface area contributed by atoms with Crippen molar-refractivity contribution in [1.82, 2.24) is 5.01 Å². The van der Waals surface area contributed by atoms with Gasteiger partial charge in [-0.25, -0.2) is 5.01 Å². The molecule has 16 heavy (non-hydrogen) atoms. The minimum Gasteiger partial charge on any atom is -0.379 e. The molecule has 4 nitrogen and oxygen atoms in total. The van der Waals surface area contributed by atoms with Gasteiger partial charge in [-0.15, -0.1) is 0 Å². The van der Waals surface area contributed by atoms with E-state index < -0.39 is 0 Å². The van der Waals surface area contributed by atoms with E-state index in [1.54, 1.807) is 6.07 Å². The van der Waals surface area contributed by atoms with E-state index >= 15 is 0 Å². The molecule has 0 radical (unpaired) electrons. The number of anilines is 1. The Hall–Kier alpha value is -1.28. The number of rotatable bonds is 2. The van der Waals surface area contributed by atoms with Gasteiger partial charge >= 0.3 is 0 Å². The molecule has 0 spiro atoms. The van der Waals surface area contributed by atoms with Gasteiger partial charge in [0.15, 0.2) is 0 Å². The number of benzene rings is 1. The second-order valence-electron chi connectivity index (χ2n) is 3.49. The predicted molar refractivity (Wildman–Crippen MR) is 62.2 cm³/mol. The maximum atomic E-state index is 9.01. The Morgan fingerprint density at radius 3 is 2.81 bits per heavy atom. The molecule has 0 aromatic heterocycles. The van der Waals surface area contributed by atoms with Gasteiger partial charge in [-0.1, -0.05) is 17.7 Å². The van der Waals surface area contributed by atoms with Crippen molar-refractivity contribution in [3.05, 3.63) is 28.8 Å². The molecular weight excluding hydrogens is 226 g/mol. The van der Waals surface area contributed by atoms with Crippen LogP contribution in [0.5, 0.6) is 0 Å². The van der Waals surface area contributed by atoms with E-state index in [0.29, 0.717) is 23.8 Å². The van der Waals surface area contributed by atoms with Gasteiger partial charge in [-0.05, 0) is 12.1 Å². The number of nitriles is 1. The molecule has 0 atom stereocenters. The second-order valence-corrected chi connectivity index (χ2v) is 3.89. The van der Waals surface area contributed by atoms with Gasteiger partial charge in [0.2, 0.25) is 0 Å². The molecular formula is C11H12ClN3O. The number of halogens is 1. The Kier molecular flexibility index (Phi) is 3.62. The fraction of sp³-hybridized carbons (Fsp3) is 0.364. The molecule has 1 aliphatic heterocycles. The van der Waals surface area contributed by atoms with Crippen molar-refractivity contribution in [1.29, 1.82) is 5.26 Å². The maximum Gasteiger partial charge on any atom is 0.103 e. The van der Waals surface area contributed by atoms with Crippen LogP contribution in [-0.2, 0) is 4.74 Å². The largest absolute Gasteiger partial charge is 0.379 e. The Morgan fingerprint density at radius 2 is 2.12 bits per heavy atom. The maximum absolute atomic E-state index is 9.01. The lowest BCUT2D eigenvalue weighted by atomic mass is 10.2. The van der Waals surface area contributed by atoms with Crippen LogP contribution in [-0.4, -0.2) is 31.3 Å². The first kappa shape index (κ1) is 11.2. The van der Waals surface area contributed by atoms with Crippen LogP contribution >= 0.6 is 11.6 Å². The zero-order valence-corrected chi connectivity index (χ0v) is 9.50. The lowest BCUT2D eigenvalue weighted by Gasteiger charge is -2.28. The Bertz CT molecular complexity index is 410.